The Morgan fingerprint density at radius 1 is 1.42 bits per heavy atom. The zero-order valence-electron chi connectivity index (χ0n) is 11.1. The molecule has 0 saturated carbocycles. The lowest BCUT2D eigenvalue weighted by Crippen LogP contribution is -2.39. The second-order valence-corrected chi connectivity index (χ2v) is 4.72. The Morgan fingerprint density at radius 3 is 2.53 bits per heavy atom. The standard InChI is InChI=1S/C13H17ClN2O3/c1-4-16(8(2)3)13(19)15-11-7-9(12(17)18)5-6-10(11)14/h5-8H,4H2,1-3H3,(H,15,19)(H,17,18). The van der Waals surface area contributed by atoms with Crippen molar-refractivity contribution in [1.82, 2.24) is 4.90 Å². The van der Waals surface area contributed by atoms with Crippen molar-refractivity contribution in [3.05, 3.63) is 28.8 Å². The molecule has 0 radical (unpaired) electrons. The van der Waals surface area contributed by atoms with E-state index in [1.807, 2.05) is 20.8 Å². The van der Waals surface area contributed by atoms with E-state index in [0.29, 0.717) is 17.3 Å². The Kier molecular flexibility index (Phi) is 5.18. The Bertz CT molecular complexity index is 489. The Morgan fingerprint density at radius 2 is 2.05 bits per heavy atom. The summed E-state index contributed by atoms with van der Waals surface area (Å²) in [6.45, 7) is 6.23. The van der Waals surface area contributed by atoms with E-state index in [4.69, 9.17) is 16.7 Å². The maximum atomic E-state index is 12.0. The number of carbonyl (C=O) groups excluding carboxylic acids is 1. The number of carboxylic acids is 1. The molecule has 0 bridgehead atoms. The van der Waals surface area contributed by atoms with Crippen LogP contribution in [0, 0.1) is 0 Å². The van der Waals surface area contributed by atoms with Crippen LogP contribution in [0.1, 0.15) is 31.1 Å². The van der Waals surface area contributed by atoms with E-state index >= 15 is 0 Å². The van der Waals surface area contributed by atoms with Gasteiger partial charge in [0.2, 0.25) is 0 Å². The first-order valence-corrected chi connectivity index (χ1v) is 6.35. The highest BCUT2D eigenvalue weighted by atomic mass is 35.5. The summed E-state index contributed by atoms with van der Waals surface area (Å²) in [6, 6.07) is 3.93. The van der Waals surface area contributed by atoms with Gasteiger partial charge in [0, 0.05) is 12.6 Å². The van der Waals surface area contributed by atoms with Gasteiger partial charge in [-0.3, -0.25) is 0 Å². The van der Waals surface area contributed by atoms with Crippen molar-refractivity contribution in [2.24, 2.45) is 0 Å². The van der Waals surface area contributed by atoms with Crippen LogP contribution in [-0.4, -0.2) is 34.6 Å². The normalized spacial score (nSPS) is 10.4. The van der Waals surface area contributed by atoms with E-state index < -0.39 is 5.97 Å². The van der Waals surface area contributed by atoms with Gasteiger partial charge in [-0.2, -0.15) is 0 Å². The van der Waals surface area contributed by atoms with Crippen molar-refractivity contribution in [3.8, 4) is 0 Å². The number of nitrogens with one attached hydrogen (secondary N) is 1. The molecule has 0 aliphatic rings. The number of rotatable bonds is 4. The van der Waals surface area contributed by atoms with Crippen molar-refractivity contribution in [3.63, 3.8) is 0 Å². The summed E-state index contributed by atoms with van der Waals surface area (Å²) in [5.74, 6) is -1.07. The van der Waals surface area contributed by atoms with Gasteiger partial charge < -0.3 is 15.3 Å². The third-order valence-corrected chi connectivity index (χ3v) is 3.01. The van der Waals surface area contributed by atoms with Crippen LogP contribution in [0.5, 0.6) is 0 Å². The van der Waals surface area contributed by atoms with Gasteiger partial charge >= 0.3 is 12.0 Å². The minimum absolute atomic E-state index is 0.0476. The molecule has 6 heteroatoms. The molecule has 1 aromatic carbocycles. The van der Waals surface area contributed by atoms with E-state index in [9.17, 15) is 9.59 Å². The van der Waals surface area contributed by atoms with Gasteiger partial charge in [0.1, 0.15) is 0 Å². The Balaban J connectivity index is 2.95. The number of urea groups is 1. The lowest BCUT2D eigenvalue weighted by Gasteiger charge is -2.25. The van der Waals surface area contributed by atoms with Crippen LogP contribution in [0.25, 0.3) is 0 Å². The van der Waals surface area contributed by atoms with Crippen LogP contribution < -0.4 is 5.32 Å². The Labute approximate surface area is 117 Å². The molecule has 0 unspecified atom stereocenters. The topological polar surface area (TPSA) is 69.6 Å². The van der Waals surface area contributed by atoms with Crippen LogP contribution in [0.3, 0.4) is 0 Å². The van der Waals surface area contributed by atoms with E-state index in [1.165, 1.54) is 18.2 Å². The number of aromatic carboxylic acids is 1. The van der Waals surface area contributed by atoms with Gasteiger partial charge in [-0.1, -0.05) is 11.6 Å². The minimum Gasteiger partial charge on any atom is -0.478 e. The van der Waals surface area contributed by atoms with E-state index in [0.717, 1.165) is 0 Å². The first-order valence-electron chi connectivity index (χ1n) is 5.97. The molecule has 2 N–H and O–H groups in total. The summed E-state index contributed by atoms with van der Waals surface area (Å²) < 4.78 is 0. The molecule has 5 nitrogen and oxygen atoms in total. The van der Waals surface area contributed by atoms with Crippen molar-refractivity contribution >= 4 is 29.3 Å². The molecule has 19 heavy (non-hydrogen) atoms. The average molecular weight is 285 g/mol. The third kappa shape index (κ3) is 3.86. The second-order valence-electron chi connectivity index (χ2n) is 4.31. The number of anilines is 1. The maximum absolute atomic E-state index is 12.0. The number of hydrogen-bond donors (Lipinski definition) is 2. The first kappa shape index (κ1) is 15.3. The third-order valence-electron chi connectivity index (χ3n) is 2.68. The van der Waals surface area contributed by atoms with Crippen molar-refractivity contribution in [2.45, 2.75) is 26.8 Å². The summed E-state index contributed by atoms with van der Waals surface area (Å²) >= 11 is 5.95. The van der Waals surface area contributed by atoms with Crippen LogP contribution >= 0.6 is 11.6 Å². The molecule has 0 aromatic heterocycles. The van der Waals surface area contributed by atoms with E-state index in [2.05, 4.69) is 5.32 Å². The molecule has 0 heterocycles. The fourth-order valence-corrected chi connectivity index (χ4v) is 1.85. The van der Waals surface area contributed by atoms with Gasteiger partial charge in [-0.05, 0) is 39.0 Å². The van der Waals surface area contributed by atoms with Crippen LogP contribution in [0.4, 0.5) is 10.5 Å². The first-order chi connectivity index (χ1) is 8.86. The highest BCUT2D eigenvalue weighted by Crippen LogP contribution is 2.23. The highest BCUT2D eigenvalue weighted by molar-refractivity contribution is 6.33. The fourth-order valence-electron chi connectivity index (χ4n) is 1.68. The van der Waals surface area contributed by atoms with Crippen LogP contribution in [0.2, 0.25) is 5.02 Å². The second kappa shape index (κ2) is 6.43. The van der Waals surface area contributed by atoms with Gasteiger partial charge in [0.05, 0.1) is 16.3 Å². The lowest BCUT2D eigenvalue weighted by molar-refractivity contribution is 0.0697. The van der Waals surface area contributed by atoms with E-state index in [1.54, 1.807) is 4.90 Å². The predicted octanol–water partition coefficient (Wildman–Crippen LogP) is 3.30. The van der Waals surface area contributed by atoms with Crippen molar-refractivity contribution in [1.29, 1.82) is 0 Å². The highest BCUT2D eigenvalue weighted by Gasteiger charge is 2.16. The number of carboxylic acid groups (broad SMARTS) is 1. The average Bonchev–Trinajstić information content (AvgIpc) is 2.31. The number of halogens is 1. The molecule has 2 amide bonds. The SMILES string of the molecule is CCN(C(=O)Nc1cc(C(=O)O)ccc1Cl)C(C)C. The molecule has 0 saturated heterocycles. The molecule has 0 atom stereocenters. The summed E-state index contributed by atoms with van der Waals surface area (Å²) in [4.78, 5) is 24.5. The van der Waals surface area contributed by atoms with Crippen molar-refractivity contribution in [2.75, 3.05) is 11.9 Å². The van der Waals surface area contributed by atoms with E-state index in [-0.39, 0.29) is 17.6 Å². The van der Waals surface area contributed by atoms with Gasteiger partial charge in [-0.25, -0.2) is 9.59 Å². The molecule has 0 aliphatic heterocycles. The number of benzene rings is 1. The zero-order valence-corrected chi connectivity index (χ0v) is 11.9. The molecule has 0 aliphatic carbocycles. The predicted molar refractivity (Wildman–Crippen MR) is 74.9 cm³/mol. The van der Waals surface area contributed by atoms with Gasteiger partial charge in [0.25, 0.3) is 0 Å². The molecular formula is C13H17ClN2O3. The summed E-state index contributed by atoms with van der Waals surface area (Å²) in [5.41, 5.74) is 0.373. The molecular weight excluding hydrogens is 268 g/mol. The largest absolute Gasteiger partial charge is 0.478 e. The smallest absolute Gasteiger partial charge is 0.335 e. The molecule has 1 rings (SSSR count). The molecule has 0 spiro atoms. The number of hydrogen-bond acceptors (Lipinski definition) is 2. The monoisotopic (exact) mass is 284 g/mol. The minimum atomic E-state index is -1.07. The molecule has 1 aromatic rings. The quantitative estimate of drug-likeness (QED) is 0.891. The number of amides is 2. The maximum Gasteiger partial charge on any atom is 0.335 e. The zero-order chi connectivity index (χ0) is 14.6. The number of carbonyl (C=O) groups is 2. The summed E-state index contributed by atoms with van der Waals surface area (Å²) in [5, 5.41) is 11.8. The Hall–Kier alpha value is -1.75. The fraction of sp³-hybridized carbons (Fsp3) is 0.385. The lowest BCUT2D eigenvalue weighted by atomic mass is 10.2. The van der Waals surface area contributed by atoms with Crippen molar-refractivity contribution < 1.29 is 14.7 Å². The summed E-state index contributed by atoms with van der Waals surface area (Å²) in [7, 11) is 0. The summed E-state index contributed by atoms with van der Waals surface area (Å²) in [6.07, 6.45) is 0. The molecule has 0 fully saturated rings. The van der Waals surface area contributed by atoms with Crippen LogP contribution in [0.15, 0.2) is 18.2 Å². The van der Waals surface area contributed by atoms with Crippen LogP contribution in [-0.2, 0) is 0 Å². The molecule has 104 valence electrons. The van der Waals surface area contributed by atoms with Gasteiger partial charge in [-0.15, -0.1) is 0 Å². The van der Waals surface area contributed by atoms with Gasteiger partial charge in [0.15, 0.2) is 0 Å². The number of nitrogens with zero attached hydrogens (tertiary/aromatic N) is 1.